The maximum Gasteiger partial charge on any atom is 0.360 e. The Bertz CT molecular complexity index is 1320. The van der Waals surface area contributed by atoms with Crippen LogP contribution in [0.1, 0.15) is 17.5 Å². The van der Waals surface area contributed by atoms with Crippen LogP contribution in [0.25, 0.3) is 10.9 Å². The number of aromatic amines is 1. The number of rotatable bonds is 4. The van der Waals surface area contributed by atoms with Crippen molar-refractivity contribution in [3.63, 3.8) is 0 Å². The molecule has 2 aliphatic heterocycles. The van der Waals surface area contributed by atoms with Crippen LogP contribution in [-0.4, -0.2) is 40.3 Å². The van der Waals surface area contributed by atoms with Gasteiger partial charge in [0.15, 0.2) is 6.54 Å². The Balaban J connectivity index is 1.77. The van der Waals surface area contributed by atoms with Gasteiger partial charge in [-0.15, -0.1) is 0 Å². The lowest BCUT2D eigenvalue weighted by atomic mass is 9.80. The molecule has 3 N–H and O–H groups in total. The highest BCUT2D eigenvalue weighted by Crippen LogP contribution is 2.52. The van der Waals surface area contributed by atoms with Crippen LogP contribution >= 0.6 is 11.6 Å². The molecule has 0 saturated carbocycles. The van der Waals surface area contributed by atoms with E-state index in [2.05, 4.69) is 10.3 Å². The third kappa shape index (κ3) is 2.58. The molecule has 2 aliphatic rings. The summed E-state index contributed by atoms with van der Waals surface area (Å²) in [5.41, 5.74) is 0.436. The summed E-state index contributed by atoms with van der Waals surface area (Å²) in [5, 5.41) is 13.1. The van der Waals surface area contributed by atoms with Crippen LogP contribution in [0.4, 0.5) is 5.69 Å². The number of amides is 3. The fourth-order valence-electron chi connectivity index (χ4n) is 4.96. The summed E-state index contributed by atoms with van der Waals surface area (Å²) in [6.45, 7) is -0.566. The molecule has 2 atom stereocenters. The van der Waals surface area contributed by atoms with E-state index in [1.54, 1.807) is 18.3 Å². The van der Waals surface area contributed by atoms with Crippen LogP contribution in [0.2, 0.25) is 5.02 Å². The van der Waals surface area contributed by atoms with Gasteiger partial charge in [0.05, 0.1) is 6.42 Å². The van der Waals surface area contributed by atoms with Crippen LogP contribution < -0.4 is 9.80 Å². The van der Waals surface area contributed by atoms with Gasteiger partial charge in [0.1, 0.15) is 12.2 Å². The Labute approximate surface area is 181 Å². The van der Waals surface area contributed by atoms with Gasteiger partial charge in [0.25, 0.3) is 5.91 Å². The van der Waals surface area contributed by atoms with Crippen LogP contribution in [0.15, 0.2) is 48.7 Å². The zero-order valence-corrected chi connectivity index (χ0v) is 16.9. The van der Waals surface area contributed by atoms with Gasteiger partial charge in [-0.2, -0.15) is 0 Å². The number of fused-ring (bicyclic) bond motifs is 3. The molecule has 3 heterocycles. The van der Waals surface area contributed by atoms with E-state index in [9.17, 15) is 24.3 Å². The predicted molar refractivity (Wildman–Crippen MR) is 112 cm³/mol. The molecule has 2 aromatic carbocycles. The number of imide groups is 1. The maximum absolute atomic E-state index is 14.0. The van der Waals surface area contributed by atoms with E-state index >= 15 is 0 Å². The summed E-state index contributed by atoms with van der Waals surface area (Å²) in [5.74, 6) is -3.15. The topological polar surface area (TPSA) is 116 Å². The maximum atomic E-state index is 14.0. The van der Waals surface area contributed by atoms with E-state index in [-0.39, 0.29) is 18.5 Å². The monoisotopic (exact) mass is 438 g/mol. The average Bonchev–Trinajstić information content (AvgIpc) is 3.31. The zero-order valence-electron chi connectivity index (χ0n) is 16.1. The second-order valence-electron chi connectivity index (χ2n) is 7.96. The second-order valence-corrected chi connectivity index (χ2v) is 8.40. The molecular formula is C22H17ClN3O5+. The van der Waals surface area contributed by atoms with Crippen molar-refractivity contribution >= 4 is 51.9 Å². The van der Waals surface area contributed by atoms with Gasteiger partial charge in [-0.3, -0.25) is 14.9 Å². The van der Waals surface area contributed by atoms with Gasteiger partial charge in [0, 0.05) is 39.3 Å². The Kier molecular flexibility index (Phi) is 4.08. The van der Waals surface area contributed by atoms with Gasteiger partial charge in [-0.1, -0.05) is 29.8 Å². The van der Waals surface area contributed by atoms with E-state index in [0.29, 0.717) is 10.7 Å². The Morgan fingerprint density at radius 1 is 1.16 bits per heavy atom. The molecule has 1 spiro atoms. The lowest BCUT2D eigenvalue weighted by Crippen LogP contribution is -2.59. The van der Waals surface area contributed by atoms with E-state index in [0.717, 1.165) is 16.5 Å². The number of carboxylic acids is 1. The largest absolute Gasteiger partial charge is 0.477 e. The third-order valence-corrected chi connectivity index (χ3v) is 6.46. The molecule has 5 rings (SSSR count). The van der Waals surface area contributed by atoms with Crippen molar-refractivity contribution in [1.82, 2.24) is 14.8 Å². The molecule has 156 valence electrons. The number of nitrogens with zero attached hydrogens (tertiary/aromatic N) is 1. The molecule has 8 nitrogen and oxygen atoms in total. The van der Waals surface area contributed by atoms with Crippen molar-refractivity contribution in [2.24, 2.45) is 0 Å². The third-order valence-electron chi connectivity index (χ3n) is 6.22. The Morgan fingerprint density at radius 3 is 2.65 bits per heavy atom. The molecule has 31 heavy (non-hydrogen) atoms. The minimum atomic E-state index is -1.79. The first-order chi connectivity index (χ1) is 14.8. The highest BCUT2D eigenvalue weighted by atomic mass is 35.5. The summed E-state index contributed by atoms with van der Waals surface area (Å²) in [6, 6.07) is 12.1. The van der Waals surface area contributed by atoms with Crippen molar-refractivity contribution in [3.05, 3.63) is 64.8 Å². The SMILES string of the molecule is O=C(O)C[N+]1(Cc2c[nH]c3ccccc23)C(=O)C2(CC(=O)NC2=O)c2cc(Cl)ccc21. The minimum Gasteiger partial charge on any atom is -0.477 e. The van der Waals surface area contributed by atoms with E-state index in [1.807, 2.05) is 24.3 Å². The molecule has 9 heteroatoms. The van der Waals surface area contributed by atoms with Crippen molar-refractivity contribution in [1.29, 1.82) is 0 Å². The molecule has 1 aromatic heterocycles. The number of carbonyl (C=O) groups is 4. The number of para-hydroxylation sites is 1. The van der Waals surface area contributed by atoms with Crippen molar-refractivity contribution in [2.45, 2.75) is 18.4 Å². The van der Waals surface area contributed by atoms with Crippen molar-refractivity contribution in [2.75, 3.05) is 6.54 Å². The quantitative estimate of drug-likeness (QED) is 0.328. The van der Waals surface area contributed by atoms with E-state index in [4.69, 9.17) is 11.6 Å². The first kappa shape index (κ1) is 19.5. The second kappa shape index (κ2) is 6.50. The number of carbonyl (C=O) groups excluding carboxylic acids is 3. The van der Waals surface area contributed by atoms with Gasteiger partial charge < -0.3 is 10.1 Å². The van der Waals surface area contributed by atoms with Crippen LogP contribution in [0.3, 0.4) is 0 Å². The van der Waals surface area contributed by atoms with Crippen molar-refractivity contribution < 1.29 is 24.3 Å². The normalized spacial score (nSPS) is 24.7. The number of carboxylic acid groups (broad SMARTS) is 1. The summed E-state index contributed by atoms with van der Waals surface area (Å²) in [7, 11) is 0. The average molecular weight is 439 g/mol. The number of aliphatic carboxylic acids is 1. The van der Waals surface area contributed by atoms with Crippen molar-refractivity contribution in [3.8, 4) is 0 Å². The molecule has 3 aromatic rings. The van der Waals surface area contributed by atoms with Gasteiger partial charge >= 0.3 is 11.9 Å². The molecular weight excluding hydrogens is 422 g/mol. The first-order valence-corrected chi connectivity index (χ1v) is 9.99. The smallest absolute Gasteiger partial charge is 0.360 e. The molecule has 0 radical (unpaired) electrons. The lowest BCUT2D eigenvalue weighted by Gasteiger charge is -2.31. The Hall–Kier alpha value is -3.49. The van der Waals surface area contributed by atoms with E-state index < -0.39 is 40.1 Å². The highest BCUT2D eigenvalue weighted by Gasteiger charge is 2.70. The van der Waals surface area contributed by atoms with Crippen LogP contribution in [0, 0.1) is 0 Å². The molecule has 1 saturated heterocycles. The number of hydrogen-bond donors (Lipinski definition) is 3. The van der Waals surface area contributed by atoms with E-state index in [1.165, 1.54) is 6.07 Å². The number of halogens is 1. The highest BCUT2D eigenvalue weighted by molar-refractivity contribution is 6.32. The number of benzene rings is 2. The van der Waals surface area contributed by atoms with Crippen LogP contribution in [-0.2, 0) is 31.1 Å². The zero-order chi connectivity index (χ0) is 22.0. The number of aromatic nitrogens is 1. The van der Waals surface area contributed by atoms with Gasteiger partial charge in [0.2, 0.25) is 11.3 Å². The molecule has 1 fully saturated rings. The summed E-state index contributed by atoms with van der Waals surface area (Å²) in [6.07, 6.45) is 1.37. The molecule has 0 bridgehead atoms. The van der Waals surface area contributed by atoms with Gasteiger partial charge in [-0.25, -0.2) is 14.1 Å². The fraction of sp³-hybridized carbons (Fsp3) is 0.182. The summed E-state index contributed by atoms with van der Waals surface area (Å²) < 4.78 is -0.621. The predicted octanol–water partition coefficient (Wildman–Crippen LogP) is 2.24. The first-order valence-electron chi connectivity index (χ1n) is 9.62. The van der Waals surface area contributed by atoms with Gasteiger partial charge in [-0.05, 0) is 18.2 Å². The minimum absolute atomic E-state index is 0.00694. The standard InChI is InChI=1S/C22H16ClN3O5/c23-13-5-6-17-15(7-13)22(8-18(27)25-20(22)30)21(31)26(17,11-19(28)29)10-12-9-24-16-4-2-1-3-14(12)16/h1-7,9,24H,8,10-11H2,(H-,25,27,28,29,30)/p+1. The number of quaternary nitrogens is 1. The lowest BCUT2D eigenvalue weighted by molar-refractivity contribution is -0.147. The summed E-state index contributed by atoms with van der Waals surface area (Å²) in [4.78, 5) is 54.2. The molecule has 3 amide bonds. The Morgan fingerprint density at radius 2 is 1.94 bits per heavy atom. The molecule has 2 unspecified atom stereocenters. The molecule has 0 aliphatic carbocycles. The summed E-state index contributed by atoms with van der Waals surface area (Å²) >= 11 is 6.18. The number of hydrogen-bond acceptors (Lipinski definition) is 4. The number of nitrogens with one attached hydrogen (secondary N) is 2. The van der Waals surface area contributed by atoms with Crippen LogP contribution in [0.5, 0.6) is 0 Å². The number of H-pyrrole nitrogens is 1. The fourth-order valence-corrected chi connectivity index (χ4v) is 5.13.